The molecule has 2 aromatic rings. The van der Waals surface area contributed by atoms with E-state index in [2.05, 4.69) is 78.2 Å². The highest BCUT2D eigenvalue weighted by atomic mass is 15.1. The topological polar surface area (TPSA) is 24.1 Å². The van der Waals surface area contributed by atoms with E-state index in [1.54, 1.807) is 0 Å². The minimum absolute atomic E-state index is 0.269. The predicted octanol–water partition coefficient (Wildman–Crippen LogP) is 6.68. The Morgan fingerprint density at radius 1 is 0.625 bits per heavy atom. The maximum Gasteiger partial charge on any atom is 0.0963 e. The van der Waals surface area contributed by atoms with E-state index < -0.39 is 0 Å². The second-order valence-corrected chi connectivity index (χ2v) is 6.48. The Bertz CT molecular complexity index is 483. The molecular formula is C22H32N2. The number of para-hydroxylation sites is 2. The van der Waals surface area contributed by atoms with E-state index in [1.165, 1.54) is 56.3 Å². The highest BCUT2D eigenvalue weighted by molar-refractivity contribution is 5.49. The second kappa shape index (κ2) is 11.6. The number of benzene rings is 2. The van der Waals surface area contributed by atoms with Crippen LogP contribution in [-0.2, 0) is 0 Å². The molecule has 0 radical (unpaired) electrons. The van der Waals surface area contributed by atoms with Gasteiger partial charge in [-0.1, -0.05) is 81.8 Å². The molecule has 0 spiro atoms. The van der Waals surface area contributed by atoms with Crippen LogP contribution in [0.25, 0.3) is 0 Å². The molecule has 0 aliphatic rings. The summed E-state index contributed by atoms with van der Waals surface area (Å²) in [6.07, 6.45) is 10.8. The van der Waals surface area contributed by atoms with Crippen molar-refractivity contribution in [3.63, 3.8) is 0 Å². The standard InChI is InChI=1S/C22H32N2/c1-2-3-4-5-6-7-14-19-22(23-20-15-10-8-11-16-20)24-21-17-12-9-13-18-21/h8-13,15-18,22-24H,2-7,14,19H2,1H3. The summed E-state index contributed by atoms with van der Waals surface area (Å²) in [5.74, 6) is 0. The first-order valence-electron chi connectivity index (χ1n) is 9.51. The average molecular weight is 325 g/mol. The van der Waals surface area contributed by atoms with Crippen molar-refractivity contribution in [3.05, 3.63) is 60.7 Å². The fourth-order valence-corrected chi connectivity index (χ4v) is 2.96. The lowest BCUT2D eigenvalue weighted by Gasteiger charge is -2.22. The van der Waals surface area contributed by atoms with Crippen molar-refractivity contribution in [3.8, 4) is 0 Å². The number of anilines is 2. The molecule has 0 bridgehead atoms. The summed E-state index contributed by atoms with van der Waals surface area (Å²) in [5, 5.41) is 7.26. The maximum atomic E-state index is 3.63. The maximum absolute atomic E-state index is 3.63. The SMILES string of the molecule is CCCCCCCCCC(Nc1ccccc1)Nc1ccccc1. The van der Waals surface area contributed by atoms with Crippen molar-refractivity contribution in [2.75, 3.05) is 10.6 Å². The number of rotatable bonds is 12. The first-order chi connectivity index (χ1) is 11.9. The fraction of sp³-hybridized carbons (Fsp3) is 0.455. The van der Waals surface area contributed by atoms with Gasteiger partial charge < -0.3 is 10.6 Å². The van der Waals surface area contributed by atoms with Crippen molar-refractivity contribution in [1.29, 1.82) is 0 Å². The summed E-state index contributed by atoms with van der Waals surface area (Å²) in [6.45, 7) is 2.27. The minimum Gasteiger partial charge on any atom is -0.365 e. The van der Waals surface area contributed by atoms with Crippen molar-refractivity contribution in [2.45, 2.75) is 64.5 Å². The lowest BCUT2D eigenvalue weighted by atomic mass is 10.1. The zero-order chi connectivity index (χ0) is 16.9. The monoisotopic (exact) mass is 324 g/mol. The molecule has 0 aromatic heterocycles. The molecule has 0 saturated carbocycles. The van der Waals surface area contributed by atoms with Crippen LogP contribution in [0.4, 0.5) is 11.4 Å². The summed E-state index contributed by atoms with van der Waals surface area (Å²) in [5.41, 5.74) is 2.35. The van der Waals surface area contributed by atoms with Crippen molar-refractivity contribution in [2.24, 2.45) is 0 Å². The number of hydrogen-bond acceptors (Lipinski definition) is 2. The van der Waals surface area contributed by atoms with Gasteiger partial charge in [0.2, 0.25) is 0 Å². The predicted molar refractivity (Wildman–Crippen MR) is 107 cm³/mol. The third-order valence-corrected chi connectivity index (χ3v) is 4.33. The average Bonchev–Trinajstić information content (AvgIpc) is 2.62. The van der Waals surface area contributed by atoms with Crippen molar-refractivity contribution < 1.29 is 0 Å². The van der Waals surface area contributed by atoms with Crippen LogP contribution in [0.5, 0.6) is 0 Å². The van der Waals surface area contributed by atoms with E-state index >= 15 is 0 Å². The van der Waals surface area contributed by atoms with Gasteiger partial charge in [0.05, 0.1) is 6.17 Å². The summed E-state index contributed by atoms with van der Waals surface area (Å²) in [7, 11) is 0. The van der Waals surface area contributed by atoms with Gasteiger partial charge in [0.15, 0.2) is 0 Å². The zero-order valence-corrected chi connectivity index (χ0v) is 15.0. The molecule has 0 saturated heterocycles. The van der Waals surface area contributed by atoms with Gasteiger partial charge in [-0.2, -0.15) is 0 Å². The van der Waals surface area contributed by atoms with Gasteiger partial charge in [-0.3, -0.25) is 0 Å². The number of nitrogens with one attached hydrogen (secondary N) is 2. The highest BCUT2D eigenvalue weighted by Crippen LogP contribution is 2.16. The molecule has 0 heterocycles. The van der Waals surface area contributed by atoms with E-state index in [0.29, 0.717) is 0 Å². The van der Waals surface area contributed by atoms with Gasteiger partial charge in [-0.25, -0.2) is 0 Å². The Labute approximate surface area is 147 Å². The summed E-state index contributed by atoms with van der Waals surface area (Å²) < 4.78 is 0. The molecule has 2 aromatic carbocycles. The zero-order valence-electron chi connectivity index (χ0n) is 15.0. The molecular weight excluding hydrogens is 292 g/mol. The summed E-state index contributed by atoms with van der Waals surface area (Å²) >= 11 is 0. The lowest BCUT2D eigenvalue weighted by Crippen LogP contribution is -2.28. The first-order valence-corrected chi connectivity index (χ1v) is 9.51. The van der Waals surface area contributed by atoms with E-state index in [1.807, 2.05) is 0 Å². The van der Waals surface area contributed by atoms with E-state index in [-0.39, 0.29) is 6.17 Å². The summed E-state index contributed by atoms with van der Waals surface area (Å²) in [4.78, 5) is 0. The molecule has 2 N–H and O–H groups in total. The van der Waals surface area contributed by atoms with Crippen LogP contribution in [-0.4, -0.2) is 6.17 Å². The molecule has 2 heteroatoms. The van der Waals surface area contributed by atoms with Gasteiger partial charge in [-0.15, -0.1) is 0 Å². The van der Waals surface area contributed by atoms with Crippen molar-refractivity contribution in [1.82, 2.24) is 0 Å². The van der Waals surface area contributed by atoms with E-state index in [4.69, 9.17) is 0 Å². The Hall–Kier alpha value is -1.96. The first kappa shape index (κ1) is 18.4. The molecule has 0 fully saturated rings. The van der Waals surface area contributed by atoms with Crippen LogP contribution < -0.4 is 10.6 Å². The van der Waals surface area contributed by atoms with Gasteiger partial charge in [0.1, 0.15) is 0 Å². The smallest absolute Gasteiger partial charge is 0.0963 e. The molecule has 0 aliphatic heterocycles. The molecule has 24 heavy (non-hydrogen) atoms. The van der Waals surface area contributed by atoms with Gasteiger partial charge in [-0.05, 0) is 37.1 Å². The van der Waals surface area contributed by atoms with Crippen LogP contribution >= 0.6 is 0 Å². The molecule has 0 amide bonds. The van der Waals surface area contributed by atoms with E-state index in [9.17, 15) is 0 Å². The number of unbranched alkanes of at least 4 members (excludes halogenated alkanes) is 6. The molecule has 130 valence electrons. The van der Waals surface area contributed by atoms with Crippen LogP contribution in [0.2, 0.25) is 0 Å². The molecule has 2 nitrogen and oxygen atoms in total. The van der Waals surface area contributed by atoms with Crippen LogP contribution in [0.3, 0.4) is 0 Å². The Morgan fingerprint density at radius 3 is 1.58 bits per heavy atom. The minimum atomic E-state index is 0.269. The molecule has 0 atom stereocenters. The van der Waals surface area contributed by atoms with Crippen LogP contribution in [0, 0.1) is 0 Å². The lowest BCUT2D eigenvalue weighted by molar-refractivity contribution is 0.561. The third kappa shape index (κ3) is 7.54. The Balaban J connectivity index is 1.79. The largest absolute Gasteiger partial charge is 0.365 e. The highest BCUT2D eigenvalue weighted by Gasteiger charge is 2.08. The van der Waals surface area contributed by atoms with Gasteiger partial charge in [0.25, 0.3) is 0 Å². The molecule has 0 aliphatic carbocycles. The Morgan fingerprint density at radius 2 is 1.08 bits per heavy atom. The van der Waals surface area contributed by atoms with Crippen molar-refractivity contribution >= 4 is 11.4 Å². The quantitative estimate of drug-likeness (QED) is 0.336. The number of hydrogen-bond donors (Lipinski definition) is 2. The molecule has 2 rings (SSSR count). The van der Waals surface area contributed by atoms with Gasteiger partial charge >= 0.3 is 0 Å². The molecule has 0 unspecified atom stereocenters. The van der Waals surface area contributed by atoms with E-state index in [0.717, 1.165) is 6.42 Å². The Kier molecular flexibility index (Phi) is 8.85. The second-order valence-electron chi connectivity index (χ2n) is 6.48. The summed E-state index contributed by atoms with van der Waals surface area (Å²) in [6, 6.07) is 20.9. The fourth-order valence-electron chi connectivity index (χ4n) is 2.96. The third-order valence-electron chi connectivity index (χ3n) is 4.33. The van der Waals surface area contributed by atoms with Crippen LogP contribution in [0.15, 0.2) is 60.7 Å². The van der Waals surface area contributed by atoms with Crippen LogP contribution in [0.1, 0.15) is 58.3 Å². The van der Waals surface area contributed by atoms with Gasteiger partial charge in [0, 0.05) is 11.4 Å². The normalized spacial score (nSPS) is 10.8.